The van der Waals surface area contributed by atoms with Gasteiger partial charge >= 0.3 is 5.97 Å². The van der Waals surface area contributed by atoms with Gasteiger partial charge < -0.3 is 10.1 Å². The molecule has 1 fully saturated rings. The highest BCUT2D eigenvalue weighted by atomic mass is 32.2. The SMILES string of the molecule is CCC(C#N)S(=O)(=O)NC1(c2ncc(C(=O)O)[nH]2)CCC1. The summed E-state index contributed by atoms with van der Waals surface area (Å²) in [6.45, 7) is 1.62. The average Bonchev–Trinajstić information content (AvgIpc) is 2.85. The number of aromatic carboxylic acids is 1. The van der Waals surface area contributed by atoms with Crippen LogP contribution in [0.3, 0.4) is 0 Å². The molecule has 0 radical (unpaired) electrons. The highest BCUT2D eigenvalue weighted by Crippen LogP contribution is 2.40. The molecule has 1 atom stereocenters. The molecule has 21 heavy (non-hydrogen) atoms. The molecule has 1 aliphatic carbocycles. The first-order valence-corrected chi connectivity index (χ1v) is 8.10. The van der Waals surface area contributed by atoms with Crippen molar-refractivity contribution in [2.75, 3.05) is 0 Å². The number of nitrogens with one attached hydrogen (secondary N) is 2. The molecule has 1 unspecified atom stereocenters. The van der Waals surface area contributed by atoms with Crippen LogP contribution in [0.1, 0.15) is 48.9 Å². The number of carboxylic acid groups (broad SMARTS) is 1. The first kappa shape index (κ1) is 15.5. The first-order chi connectivity index (χ1) is 9.84. The molecule has 1 aliphatic rings. The number of carbonyl (C=O) groups is 1. The summed E-state index contributed by atoms with van der Waals surface area (Å²) in [6.07, 6.45) is 3.17. The number of rotatable bonds is 6. The highest BCUT2D eigenvalue weighted by molar-refractivity contribution is 7.90. The van der Waals surface area contributed by atoms with Crippen LogP contribution >= 0.6 is 0 Å². The molecule has 0 aromatic carbocycles. The summed E-state index contributed by atoms with van der Waals surface area (Å²) >= 11 is 0. The first-order valence-electron chi connectivity index (χ1n) is 6.56. The minimum atomic E-state index is -3.82. The molecule has 0 bridgehead atoms. The number of aromatic amines is 1. The van der Waals surface area contributed by atoms with Gasteiger partial charge in [0.2, 0.25) is 10.0 Å². The van der Waals surface area contributed by atoms with E-state index in [1.165, 1.54) is 0 Å². The monoisotopic (exact) mass is 312 g/mol. The summed E-state index contributed by atoms with van der Waals surface area (Å²) in [7, 11) is -3.82. The summed E-state index contributed by atoms with van der Waals surface area (Å²) in [5.74, 6) is -0.878. The summed E-state index contributed by atoms with van der Waals surface area (Å²) in [4.78, 5) is 17.5. The zero-order valence-electron chi connectivity index (χ0n) is 11.5. The number of hydrogen-bond acceptors (Lipinski definition) is 5. The van der Waals surface area contributed by atoms with E-state index in [0.29, 0.717) is 12.8 Å². The lowest BCUT2D eigenvalue weighted by molar-refractivity contribution is 0.0690. The maximum absolute atomic E-state index is 12.2. The lowest BCUT2D eigenvalue weighted by Gasteiger charge is -2.40. The van der Waals surface area contributed by atoms with Gasteiger partial charge in [0.15, 0.2) is 5.25 Å². The van der Waals surface area contributed by atoms with Crippen LogP contribution in [0.25, 0.3) is 0 Å². The third-order valence-electron chi connectivity index (χ3n) is 3.69. The number of sulfonamides is 1. The van der Waals surface area contributed by atoms with E-state index in [1.807, 2.05) is 0 Å². The molecule has 0 aliphatic heterocycles. The van der Waals surface area contributed by atoms with Crippen LogP contribution in [0.2, 0.25) is 0 Å². The molecular formula is C12H16N4O4S. The molecule has 0 saturated heterocycles. The second kappa shape index (κ2) is 5.46. The quantitative estimate of drug-likeness (QED) is 0.707. The van der Waals surface area contributed by atoms with Crippen molar-refractivity contribution in [2.24, 2.45) is 0 Å². The van der Waals surface area contributed by atoms with Crippen LogP contribution in [0.15, 0.2) is 6.20 Å². The third-order valence-corrected chi connectivity index (χ3v) is 5.56. The van der Waals surface area contributed by atoms with E-state index in [0.717, 1.165) is 12.6 Å². The molecule has 9 heteroatoms. The van der Waals surface area contributed by atoms with E-state index in [-0.39, 0.29) is 17.9 Å². The number of carboxylic acids is 1. The van der Waals surface area contributed by atoms with Gasteiger partial charge in [0, 0.05) is 0 Å². The number of imidazole rings is 1. The number of H-pyrrole nitrogens is 1. The second-order valence-electron chi connectivity index (χ2n) is 5.06. The normalized spacial score (nSPS) is 18.5. The van der Waals surface area contributed by atoms with E-state index in [9.17, 15) is 13.2 Å². The highest BCUT2D eigenvalue weighted by Gasteiger charge is 2.46. The number of aromatic nitrogens is 2. The fourth-order valence-corrected chi connectivity index (χ4v) is 3.88. The molecule has 1 aromatic rings. The number of hydrogen-bond donors (Lipinski definition) is 3. The summed E-state index contributed by atoms with van der Waals surface area (Å²) in [6, 6.07) is 1.76. The van der Waals surface area contributed by atoms with Crippen LogP contribution in [-0.2, 0) is 15.6 Å². The maximum Gasteiger partial charge on any atom is 0.353 e. The van der Waals surface area contributed by atoms with Crippen LogP contribution in [0.4, 0.5) is 0 Å². The molecule has 1 saturated carbocycles. The molecule has 1 heterocycles. The van der Waals surface area contributed by atoms with E-state index >= 15 is 0 Å². The van der Waals surface area contributed by atoms with Gasteiger partial charge in [0.1, 0.15) is 11.5 Å². The summed E-state index contributed by atoms with van der Waals surface area (Å²) in [5, 5.41) is 16.7. The van der Waals surface area contributed by atoms with Gasteiger partial charge in [-0.3, -0.25) is 0 Å². The molecule has 8 nitrogen and oxygen atoms in total. The molecule has 1 aromatic heterocycles. The Morgan fingerprint density at radius 2 is 2.33 bits per heavy atom. The van der Waals surface area contributed by atoms with E-state index < -0.39 is 26.8 Å². The molecule has 3 N–H and O–H groups in total. The maximum atomic E-state index is 12.2. The fraction of sp³-hybridized carbons (Fsp3) is 0.583. The van der Waals surface area contributed by atoms with Gasteiger partial charge in [0.25, 0.3) is 0 Å². The van der Waals surface area contributed by atoms with Crippen molar-refractivity contribution in [2.45, 2.75) is 43.4 Å². The Labute approximate surface area is 122 Å². The van der Waals surface area contributed by atoms with Crippen molar-refractivity contribution >= 4 is 16.0 Å². The smallest absolute Gasteiger partial charge is 0.353 e. The summed E-state index contributed by atoms with van der Waals surface area (Å²) in [5.41, 5.74) is -1.03. The molecule has 0 amide bonds. The van der Waals surface area contributed by atoms with Gasteiger partial charge in [0.05, 0.1) is 17.8 Å². The Morgan fingerprint density at radius 3 is 2.71 bits per heavy atom. The molecule has 114 valence electrons. The van der Waals surface area contributed by atoms with Crippen molar-refractivity contribution in [1.29, 1.82) is 5.26 Å². The Bertz CT molecular complexity index is 684. The van der Waals surface area contributed by atoms with Gasteiger partial charge in [-0.05, 0) is 25.7 Å². The zero-order valence-corrected chi connectivity index (χ0v) is 12.3. The van der Waals surface area contributed by atoms with E-state index in [2.05, 4.69) is 14.7 Å². The molecule has 2 rings (SSSR count). The molecular weight excluding hydrogens is 296 g/mol. The van der Waals surface area contributed by atoms with Gasteiger partial charge in [-0.25, -0.2) is 22.9 Å². The van der Waals surface area contributed by atoms with Crippen molar-refractivity contribution in [3.05, 3.63) is 17.7 Å². The Morgan fingerprint density at radius 1 is 1.67 bits per heavy atom. The minimum absolute atomic E-state index is 0.0946. The lowest BCUT2D eigenvalue weighted by atomic mass is 9.77. The number of nitriles is 1. The predicted molar refractivity (Wildman–Crippen MR) is 72.8 cm³/mol. The fourth-order valence-electron chi connectivity index (χ4n) is 2.31. The van der Waals surface area contributed by atoms with Crippen molar-refractivity contribution < 1.29 is 18.3 Å². The van der Waals surface area contributed by atoms with Crippen molar-refractivity contribution in [3.63, 3.8) is 0 Å². The van der Waals surface area contributed by atoms with Crippen LogP contribution in [-0.4, -0.2) is 34.7 Å². The second-order valence-corrected chi connectivity index (χ2v) is 6.92. The van der Waals surface area contributed by atoms with Crippen LogP contribution < -0.4 is 4.72 Å². The lowest BCUT2D eigenvalue weighted by Crippen LogP contribution is -2.53. The predicted octanol–water partition coefficient (Wildman–Crippen LogP) is 0.709. The standard InChI is InChI=1S/C12H16N4O4S/c1-2-8(6-13)21(19,20)16-12(4-3-5-12)11-14-7-9(15-11)10(17)18/h7-8,16H,2-5H2,1H3,(H,14,15)(H,17,18). The van der Waals surface area contributed by atoms with Gasteiger partial charge in [-0.2, -0.15) is 5.26 Å². The largest absolute Gasteiger partial charge is 0.477 e. The Balaban J connectivity index is 2.30. The Kier molecular flexibility index (Phi) is 4.02. The van der Waals surface area contributed by atoms with Crippen LogP contribution in [0, 0.1) is 11.3 Å². The average molecular weight is 312 g/mol. The number of nitrogens with zero attached hydrogens (tertiary/aromatic N) is 2. The third kappa shape index (κ3) is 2.77. The topological polar surface area (TPSA) is 136 Å². The van der Waals surface area contributed by atoms with E-state index in [1.54, 1.807) is 13.0 Å². The summed E-state index contributed by atoms with van der Waals surface area (Å²) < 4.78 is 27.0. The van der Waals surface area contributed by atoms with E-state index in [4.69, 9.17) is 10.4 Å². The van der Waals surface area contributed by atoms with Crippen LogP contribution in [0.5, 0.6) is 0 Å². The minimum Gasteiger partial charge on any atom is -0.477 e. The molecule has 0 spiro atoms. The van der Waals surface area contributed by atoms with Crippen molar-refractivity contribution in [1.82, 2.24) is 14.7 Å². The van der Waals surface area contributed by atoms with Crippen molar-refractivity contribution in [3.8, 4) is 6.07 Å². The van der Waals surface area contributed by atoms with Gasteiger partial charge in [-0.1, -0.05) is 6.92 Å². The zero-order chi connectivity index (χ0) is 15.7. The Hall–Kier alpha value is -1.92. The van der Waals surface area contributed by atoms with Gasteiger partial charge in [-0.15, -0.1) is 0 Å².